The lowest BCUT2D eigenvalue weighted by molar-refractivity contribution is -0.140. The second-order valence-corrected chi connectivity index (χ2v) is 7.49. The molecule has 1 atom stereocenters. The zero-order valence-corrected chi connectivity index (χ0v) is 17.5. The monoisotopic (exact) mass is 400 g/mol. The molecule has 0 bridgehead atoms. The van der Waals surface area contributed by atoms with E-state index >= 15 is 0 Å². The Balaban J connectivity index is 1.92. The van der Waals surface area contributed by atoms with Crippen molar-refractivity contribution in [1.82, 2.24) is 10.2 Å². The van der Waals surface area contributed by atoms with Crippen LogP contribution in [0.4, 0.5) is 0 Å². The smallest absolute Gasteiger partial charge is 0.242 e. The van der Waals surface area contributed by atoms with Crippen LogP contribution in [-0.4, -0.2) is 29.8 Å². The first kappa shape index (κ1) is 21.3. The van der Waals surface area contributed by atoms with Crippen LogP contribution in [-0.2, 0) is 29.0 Å². The minimum Gasteiger partial charge on any atom is -0.357 e. The number of hydrogen-bond acceptors (Lipinski definition) is 2. The van der Waals surface area contributed by atoms with Crippen LogP contribution in [0.3, 0.4) is 0 Å². The number of nitrogens with one attached hydrogen (secondary N) is 1. The molecule has 0 heterocycles. The highest BCUT2D eigenvalue weighted by Crippen LogP contribution is 2.17. The summed E-state index contributed by atoms with van der Waals surface area (Å²) in [4.78, 5) is 28.0. The van der Waals surface area contributed by atoms with Crippen molar-refractivity contribution < 1.29 is 9.59 Å². The van der Waals surface area contributed by atoms with Gasteiger partial charge < -0.3 is 10.2 Å². The summed E-state index contributed by atoms with van der Waals surface area (Å²) in [7, 11) is 1.62. The summed E-state index contributed by atoms with van der Waals surface area (Å²) < 4.78 is 0. The van der Waals surface area contributed by atoms with Crippen molar-refractivity contribution in [2.75, 3.05) is 7.05 Å². The van der Waals surface area contributed by atoms with Crippen LogP contribution in [0, 0.1) is 6.92 Å². The van der Waals surface area contributed by atoms with Crippen LogP contribution >= 0.6 is 0 Å². The van der Waals surface area contributed by atoms with Gasteiger partial charge in [0.2, 0.25) is 11.8 Å². The van der Waals surface area contributed by atoms with Crippen LogP contribution in [0.25, 0.3) is 0 Å². The molecule has 3 aromatic carbocycles. The van der Waals surface area contributed by atoms with Crippen molar-refractivity contribution in [3.63, 3.8) is 0 Å². The molecule has 0 saturated carbocycles. The molecule has 154 valence electrons. The maximum absolute atomic E-state index is 13.4. The minimum atomic E-state index is -0.588. The predicted molar refractivity (Wildman–Crippen MR) is 120 cm³/mol. The quantitative estimate of drug-likeness (QED) is 0.623. The average molecular weight is 401 g/mol. The number of hydrogen-bond donors (Lipinski definition) is 1. The first-order chi connectivity index (χ1) is 14.6. The number of aryl methyl sites for hydroxylation is 1. The third-order valence-electron chi connectivity index (χ3n) is 5.15. The van der Waals surface area contributed by atoms with Gasteiger partial charge in [0.15, 0.2) is 0 Å². The van der Waals surface area contributed by atoms with Gasteiger partial charge in [0.1, 0.15) is 6.04 Å². The summed E-state index contributed by atoms with van der Waals surface area (Å²) in [5.41, 5.74) is 4.08. The van der Waals surface area contributed by atoms with Crippen LogP contribution in [0.1, 0.15) is 22.3 Å². The molecule has 0 aliphatic rings. The first-order valence-corrected chi connectivity index (χ1v) is 10.2. The largest absolute Gasteiger partial charge is 0.357 e. The van der Waals surface area contributed by atoms with E-state index in [-0.39, 0.29) is 18.2 Å². The lowest BCUT2D eigenvalue weighted by Gasteiger charge is -2.31. The summed E-state index contributed by atoms with van der Waals surface area (Å²) in [5, 5.41) is 2.75. The molecule has 3 aromatic rings. The third kappa shape index (κ3) is 5.80. The fourth-order valence-electron chi connectivity index (χ4n) is 3.60. The van der Waals surface area contributed by atoms with E-state index in [9.17, 15) is 9.59 Å². The first-order valence-electron chi connectivity index (χ1n) is 10.2. The lowest BCUT2D eigenvalue weighted by atomic mass is 10.0. The zero-order valence-electron chi connectivity index (χ0n) is 17.5. The molecule has 0 aromatic heterocycles. The SMILES string of the molecule is CNC(=O)[C@H](Cc1ccccc1)N(Cc1ccccc1)C(=O)Cc1cccc(C)c1. The summed E-state index contributed by atoms with van der Waals surface area (Å²) in [6, 6.07) is 27.0. The molecule has 2 amide bonds. The van der Waals surface area contributed by atoms with Gasteiger partial charge in [0.25, 0.3) is 0 Å². The van der Waals surface area contributed by atoms with E-state index in [2.05, 4.69) is 5.32 Å². The fourth-order valence-corrected chi connectivity index (χ4v) is 3.60. The Morgan fingerprint density at radius 1 is 0.833 bits per heavy atom. The van der Waals surface area contributed by atoms with Crippen molar-refractivity contribution in [3.8, 4) is 0 Å². The standard InChI is InChI=1S/C26H28N2O2/c1-20-10-9-15-23(16-20)18-25(29)28(19-22-13-7-4-8-14-22)24(26(30)27-2)17-21-11-5-3-6-12-21/h3-16,24H,17-19H2,1-2H3,(H,27,30)/t24-/m0/s1. The summed E-state index contributed by atoms with van der Waals surface area (Å²) >= 11 is 0. The van der Waals surface area contributed by atoms with Gasteiger partial charge in [-0.05, 0) is 23.6 Å². The number of carbonyl (C=O) groups is 2. The van der Waals surface area contributed by atoms with Gasteiger partial charge in [0.05, 0.1) is 6.42 Å². The van der Waals surface area contributed by atoms with Gasteiger partial charge in [-0.25, -0.2) is 0 Å². The van der Waals surface area contributed by atoms with E-state index < -0.39 is 6.04 Å². The maximum atomic E-state index is 13.4. The molecule has 30 heavy (non-hydrogen) atoms. The summed E-state index contributed by atoms with van der Waals surface area (Å²) in [5.74, 6) is -0.221. The fraction of sp³-hybridized carbons (Fsp3) is 0.231. The normalized spacial score (nSPS) is 11.5. The van der Waals surface area contributed by atoms with E-state index in [4.69, 9.17) is 0 Å². The Morgan fingerprint density at radius 3 is 2.03 bits per heavy atom. The molecular weight excluding hydrogens is 372 g/mol. The average Bonchev–Trinajstić information content (AvgIpc) is 2.77. The summed E-state index contributed by atoms with van der Waals surface area (Å²) in [6.45, 7) is 2.40. The Hall–Kier alpha value is -3.40. The predicted octanol–water partition coefficient (Wildman–Crippen LogP) is 3.92. The number of benzene rings is 3. The molecule has 0 fully saturated rings. The number of rotatable bonds is 8. The van der Waals surface area contributed by atoms with E-state index in [1.54, 1.807) is 11.9 Å². The Bertz CT molecular complexity index is 971. The van der Waals surface area contributed by atoms with E-state index in [0.29, 0.717) is 13.0 Å². The maximum Gasteiger partial charge on any atom is 0.242 e. The second-order valence-electron chi connectivity index (χ2n) is 7.49. The highest BCUT2D eigenvalue weighted by atomic mass is 16.2. The molecular formula is C26H28N2O2. The van der Waals surface area contributed by atoms with Crippen molar-refractivity contribution in [2.24, 2.45) is 0 Å². The lowest BCUT2D eigenvalue weighted by Crippen LogP contribution is -2.50. The van der Waals surface area contributed by atoms with Crippen molar-refractivity contribution in [2.45, 2.75) is 32.4 Å². The highest BCUT2D eigenvalue weighted by Gasteiger charge is 2.29. The minimum absolute atomic E-state index is 0.0611. The molecule has 0 unspecified atom stereocenters. The summed E-state index contributed by atoms with van der Waals surface area (Å²) in [6.07, 6.45) is 0.726. The van der Waals surface area contributed by atoms with Crippen molar-refractivity contribution >= 4 is 11.8 Å². The van der Waals surface area contributed by atoms with E-state index in [1.807, 2.05) is 91.9 Å². The Labute approximate surface area is 178 Å². The second kappa shape index (κ2) is 10.4. The molecule has 4 heteroatoms. The van der Waals surface area contributed by atoms with E-state index in [1.165, 1.54) is 0 Å². The number of likely N-dealkylation sites (N-methyl/N-ethyl adjacent to an activating group) is 1. The molecule has 0 aliphatic heterocycles. The van der Waals surface area contributed by atoms with Gasteiger partial charge in [-0.1, -0.05) is 90.5 Å². The van der Waals surface area contributed by atoms with Gasteiger partial charge >= 0.3 is 0 Å². The van der Waals surface area contributed by atoms with Crippen molar-refractivity contribution in [1.29, 1.82) is 0 Å². The van der Waals surface area contributed by atoms with Gasteiger partial charge in [-0.15, -0.1) is 0 Å². The van der Waals surface area contributed by atoms with Crippen LogP contribution in [0.5, 0.6) is 0 Å². The topological polar surface area (TPSA) is 49.4 Å². The molecule has 0 aliphatic carbocycles. The molecule has 0 spiro atoms. The number of nitrogens with zero attached hydrogens (tertiary/aromatic N) is 1. The Kier molecular flexibility index (Phi) is 7.39. The highest BCUT2D eigenvalue weighted by molar-refractivity contribution is 5.88. The number of carbonyl (C=O) groups excluding carboxylic acids is 2. The number of amides is 2. The van der Waals surface area contributed by atoms with Crippen molar-refractivity contribution in [3.05, 3.63) is 107 Å². The molecule has 0 saturated heterocycles. The molecule has 3 rings (SSSR count). The molecule has 1 N–H and O–H groups in total. The van der Waals surface area contributed by atoms with E-state index in [0.717, 1.165) is 22.3 Å². The van der Waals surface area contributed by atoms with Gasteiger partial charge in [0, 0.05) is 20.0 Å². The Morgan fingerprint density at radius 2 is 1.43 bits per heavy atom. The molecule has 4 nitrogen and oxygen atoms in total. The van der Waals surface area contributed by atoms with Crippen LogP contribution in [0.2, 0.25) is 0 Å². The van der Waals surface area contributed by atoms with Crippen LogP contribution in [0.15, 0.2) is 84.9 Å². The molecule has 0 radical (unpaired) electrons. The van der Waals surface area contributed by atoms with Crippen LogP contribution < -0.4 is 5.32 Å². The van der Waals surface area contributed by atoms with Gasteiger partial charge in [-0.3, -0.25) is 9.59 Å². The van der Waals surface area contributed by atoms with Gasteiger partial charge in [-0.2, -0.15) is 0 Å². The zero-order chi connectivity index (χ0) is 21.3. The third-order valence-corrected chi connectivity index (χ3v) is 5.15.